The Kier molecular flexibility index (Phi) is 4.12. The van der Waals surface area contributed by atoms with Crippen LogP contribution >= 0.6 is 0 Å². The van der Waals surface area contributed by atoms with E-state index in [2.05, 4.69) is 6.92 Å². The molecule has 0 heterocycles. The third-order valence-corrected chi connectivity index (χ3v) is 2.74. The maximum absolute atomic E-state index is 6.00. The van der Waals surface area contributed by atoms with Gasteiger partial charge in [-0.25, -0.2) is 0 Å². The summed E-state index contributed by atoms with van der Waals surface area (Å²) in [5.41, 5.74) is 9.44. The highest BCUT2D eigenvalue weighted by atomic mass is 16.5. The lowest BCUT2D eigenvalue weighted by Gasteiger charge is -2.17. The summed E-state index contributed by atoms with van der Waals surface area (Å²) in [6, 6.07) is 3.89. The molecule has 0 amide bonds. The summed E-state index contributed by atoms with van der Waals surface area (Å²) in [6.45, 7) is 4.63. The van der Waals surface area contributed by atoms with E-state index in [4.69, 9.17) is 15.2 Å². The van der Waals surface area contributed by atoms with E-state index in [9.17, 15) is 0 Å². The van der Waals surface area contributed by atoms with Crippen LogP contribution in [0.3, 0.4) is 0 Å². The van der Waals surface area contributed by atoms with Gasteiger partial charge in [0, 0.05) is 7.11 Å². The van der Waals surface area contributed by atoms with E-state index < -0.39 is 0 Å². The van der Waals surface area contributed by atoms with E-state index in [1.54, 1.807) is 14.2 Å². The van der Waals surface area contributed by atoms with Crippen LogP contribution < -0.4 is 10.5 Å². The first kappa shape index (κ1) is 12.0. The molecule has 84 valence electrons. The molecule has 15 heavy (non-hydrogen) atoms. The van der Waals surface area contributed by atoms with Crippen LogP contribution in [0.15, 0.2) is 12.1 Å². The zero-order valence-electron chi connectivity index (χ0n) is 9.83. The molecular weight excluding hydrogens is 190 g/mol. The quantitative estimate of drug-likeness (QED) is 0.824. The molecule has 1 rings (SSSR count). The zero-order chi connectivity index (χ0) is 11.4. The highest BCUT2D eigenvalue weighted by molar-refractivity contribution is 5.44. The molecule has 0 radical (unpaired) electrons. The molecule has 0 saturated carbocycles. The van der Waals surface area contributed by atoms with Crippen molar-refractivity contribution in [3.63, 3.8) is 0 Å². The molecule has 0 saturated heterocycles. The number of rotatable bonds is 4. The zero-order valence-corrected chi connectivity index (χ0v) is 9.83. The maximum atomic E-state index is 6.00. The molecule has 0 bridgehead atoms. The van der Waals surface area contributed by atoms with Gasteiger partial charge in [0.05, 0.1) is 19.8 Å². The SMILES string of the molecule is COCC(N)c1ccc(OC)c(C)c1C. The molecule has 0 spiro atoms. The van der Waals surface area contributed by atoms with Gasteiger partial charge in [0.1, 0.15) is 5.75 Å². The Morgan fingerprint density at radius 1 is 1.20 bits per heavy atom. The fourth-order valence-electron chi connectivity index (χ4n) is 1.71. The Balaban J connectivity index is 3.06. The second-order valence-corrected chi connectivity index (χ2v) is 3.67. The topological polar surface area (TPSA) is 44.5 Å². The second kappa shape index (κ2) is 5.14. The van der Waals surface area contributed by atoms with Crippen molar-refractivity contribution in [2.24, 2.45) is 5.73 Å². The molecule has 3 heteroatoms. The highest BCUT2D eigenvalue weighted by Crippen LogP contribution is 2.26. The molecule has 0 fully saturated rings. The van der Waals surface area contributed by atoms with Gasteiger partial charge in [0.25, 0.3) is 0 Å². The van der Waals surface area contributed by atoms with Crippen molar-refractivity contribution in [3.05, 3.63) is 28.8 Å². The Morgan fingerprint density at radius 2 is 1.87 bits per heavy atom. The van der Waals surface area contributed by atoms with Crippen molar-refractivity contribution in [2.75, 3.05) is 20.8 Å². The maximum Gasteiger partial charge on any atom is 0.122 e. The minimum absolute atomic E-state index is 0.0698. The van der Waals surface area contributed by atoms with Crippen molar-refractivity contribution >= 4 is 0 Å². The number of benzene rings is 1. The lowest BCUT2D eigenvalue weighted by molar-refractivity contribution is 0.180. The number of hydrogen-bond donors (Lipinski definition) is 1. The van der Waals surface area contributed by atoms with Crippen LogP contribution in [0.4, 0.5) is 0 Å². The summed E-state index contributed by atoms with van der Waals surface area (Å²) in [7, 11) is 3.34. The lowest BCUT2D eigenvalue weighted by Crippen LogP contribution is -2.17. The Hall–Kier alpha value is -1.06. The van der Waals surface area contributed by atoms with Crippen molar-refractivity contribution in [1.29, 1.82) is 0 Å². The molecular formula is C12H19NO2. The largest absolute Gasteiger partial charge is 0.496 e. The summed E-state index contributed by atoms with van der Waals surface area (Å²) < 4.78 is 10.3. The molecule has 3 nitrogen and oxygen atoms in total. The molecule has 1 aromatic carbocycles. The highest BCUT2D eigenvalue weighted by Gasteiger charge is 2.12. The number of methoxy groups -OCH3 is 2. The molecule has 1 aromatic rings. The Morgan fingerprint density at radius 3 is 2.40 bits per heavy atom. The fourth-order valence-corrected chi connectivity index (χ4v) is 1.71. The predicted molar refractivity (Wildman–Crippen MR) is 61.3 cm³/mol. The van der Waals surface area contributed by atoms with Crippen LogP contribution in [0.2, 0.25) is 0 Å². The summed E-state index contributed by atoms with van der Waals surface area (Å²) in [6.07, 6.45) is 0. The normalized spacial score (nSPS) is 12.6. The van der Waals surface area contributed by atoms with E-state index in [0.717, 1.165) is 16.9 Å². The van der Waals surface area contributed by atoms with Gasteiger partial charge in [-0.3, -0.25) is 0 Å². The number of hydrogen-bond acceptors (Lipinski definition) is 3. The van der Waals surface area contributed by atoms with Crippen LogP contribution in [0.25, 0.3) is 0 Å². The molecule has 0 aliphatic heterocycles. The third kappa shape index (κ3) is 2.49. The van der Waals surface area contributed by atoms with Gasteiger partial charge in [-0.2, -0.15) is 0 Å². The van der Waals surface area contributed by atoms with Crippen molar-refractivity contribution < 1.29 is 9.47 Å². The first-order valence-corrected chi connectivity index (χ1v) is 5.00. The smallest absolute Gasteiger partial charge is 0.122 e. The van der Waals surface area contributed by atoms with Gasteiger partial charge >= 0.3 is 0 Å². The van der Waals surface area contributed by atoms with Crippen LogP contribution in [0.1, 0.15) is 22.7 Å². The molecule has 1 unspecified atom stereocenters. The third-order valence-electron chi connectivity index (χ3n) is 2.74. The molecule has 0 aromatic heterocycles. The Labute approximate surface area is 91.2 Å². The van der Waals surface area contributed by atoms with Gasteiger partial charge in [-0.05, 0) is 36.6 Å². The first-order chi connectivity index (χ1) is 7.11. The average molecular weight is 209 g/mol. The standard InChI is InChI=1S/C12H19NO2/c1-8-9(2)12(15-4)6-5-10(8)11(13)7-14-3/h5-6,11H,7,13H2,1-4H3. The molecule has 2 N–H and O–H groups in total. The van der Waals surface area contributed by atoms with Gasteiger partial charge in [-0.15, -0.1) is 0 Å². The fraction of sp³-hybridized carbons (Fsp3) is 0.500. The van der Waals surface area contributed by atoms with Crippen molar-refractivity contribution in [1.82, 2.24) is 0 Å². The van der Waals surface area contributed by atoms with Crippen LogP contribution in [-0.2, 0) is 4.74 Å². The van der Waals surface area contributed by atoms with Gasteiger partial charge in [-0.1, -0.05) is 6.07 Å². The van der Waals surface area contributed by atoms with E-state index in [-0.39, 0.29) is 6.04 Å². The molecule has 0 aliphatic carbocycles. The van der Waals surface area contributed by atoms with Crippen molar-refractivity contribution in [2.45, 2.75) is 19.9 Å². The Bertz CT molecular complexity index is 337. The summed E-state index contributed by atoms with van der Waals surface area (Å²) in [4.78, 5) is 0. The van der Waals surface area contributed by atoms with Gasteiger partial charge in [0.15, 0.2) is 0 Å². The summed E-state index contributed by atoms with van der Waals surface area (Å²) >= 11 is 0. The van der Waals surface area contributed by atoms with Crippen LogP contribution in [0.5, 0.6) is 5.75 Å². The molecule has 0 aliphatic rings. The van der Waals surface area contributed by atoms with Crippen LogP contribution in [-0.4, -0.2) is 20.8 Å². The van der Waals surface area contributed by atoms with E-state index in [1.807, 2.05) is 19.1 Å². The minimum Gasteiger partial charge on any atom is -0.496 e. The average Bonchev–Trinajstić information content (AvgIpc) is 2.22. The van der Waals surface area contributed by atoms with Gasteiger partial charge in [0.2, 0.25) is 0 Å². The predicted octanol–water partition coefficient (Wildman–Crippen LogP) is 1.96. The minimum atomic E-state index is -0.0698. The van der Waals surface area contributed by atoms with Crippen molar-refractivity contribution in [3.8, 4) is 5.75 Å². The monoisotopic (exact) mass is 209 g/mol. The lowest BCUT2D eigenvalue weighted by atomic mass is 9.97. The van der Waals surface area contributed by atoms with Gasteiger partial charge < -0.3 is 15.2 Å². The van der Waals surface area contributed by atoms with E-state index in [0.29, 0.717) is 6.61 Å². The number of nitrogens with two attached hydrogens (primary N) is 1. The summed E-state index contributed by atoms with van der Waals surface area (Å²) in [5.74, 6) is 0.904. The van der Waals surface area contributed by atoms with E-state index in [1.165, 1.54) is 5.56 Å². The first-order valence-electron chi connectivity index (χ1n) is 5.00. The van der Waals surface area contributed by atoms with Crippen LogP contribution in [0, 0.1) is 13.8 Å². The molecule has 1 atom stereocenters. The summed E-state index contributed by atoms with van der Waals surface area (Å²) in [5, 5.41) is 0. The second-order valence-electron chi connectivity index (χ2n) is 3.67. The number of ether oxygens (including phenoxy) is 2. The van der Waals surface area contributed by atoms with E-state index >= 15 is 0 Å².